The van der Waals surface area contributed by atoms with Crippen LogP contribution in [-0.4, -0.2) is 18.8 Å². The number of rotatable bonds is 4. The summed E-state index contributed by atoms with van der Waals surface area (Å²) in [5, 5.41) is 12.6. The topological polar surface area (TPSA) is 45.0 Å². The van der Waals surface area contributed by atoms with Crippen molar-refractivity contribution in [2.75, 3.05) is 11.9 Å². The zero-order chi connectivity index (χ0) is 14.2. The Bertz CT molecular complexity index is 548. The molecule has 2 saturated carbocycles. The minimum absolute atomic E-state index is 0.351. The summed E-state index contributed by atoms with van der Waals surface area (Å²) < 4.78 is 6.84. The molecule has 1 aromatic carbocycles. The van der Waals surface area contributed by atoms with Crippen molar-refractivity contribution < 1.29 is 4.74 Å². The number of nitriles is 1. The lowest BCUT2D eigenvalue weighted by Gasteiger charge is -2.61. The molecule has 3 nitrogen and oxygen atoms in total. The van der Waals surface area contributed by atoms with E-state index in [1.807, 2.05) is 18.2 Å². The third-order valence-electron chi connectivity index (χ3n) is 4.87. The van der Waals surface area contributed by atoms with Crippen LogP contribution in [0, 0.1) is 16.7 Å². The van der Waals surface area contributed by atoms with E-state index in [0.717, 1.165) is 23.2 Å². The summed E-state index contributed by atoms with van der Waals surface area (Å²) in [5.74, 6) is 0. The predicted molar refractivity (Wildman–Crippen MR) is 82.6 cm³/mol. The number of halogens is 1. The standard InChI is InChI=1S/C16H19BrN2O/c1-2-20-15-9-14(16(15)6-3-7-16)19-13-5-4-11(10-18)8-12(13)17/h4-5,8,14-15,19H,2-3,6-7,9H2,1H3. The maximum absolute atomic E-state index is 8.91. The van der Waals surface area contributed by atoms with Crippen LogP contribution in [0.25, 0.3) is 0 Å². The second-order valence-electron chi connectivity index (χ2n) is 5.77. The van der Waals surface area contributed by atoms with Gasteiger partial charge in [0.25, 0.3) is 0 Å². The molecule has 0 saturated heterocycles. The molecule has 0 aromatic heterocycles. The SMILES string of the molecule is CCOC1CC(Nc2ccc(C#N)cc2Br)C12CCC2. The highest BCUT2D eigenvalue weighted by atomic mass is 79.9. The molecule has 2 unspecified atom stereocenters. The van der Waals surface area contributed by atoms with Gasteiger partial charge in [-0.2, -0.15) is 5.26 Å². The van der Waals surface area contributed by atoms with E-state index >= 15 is 0 Å². The molecule has 1 spiro atoms. The Balaban J connectivity index is 1.72. The van der Waals surface area contributed by atoms with Crippen LogP contribution in [0.4, 0.5) is 5.69 Å². The van der Waals surface area contributed by atoms with Gasteiger partial charge in [-0.05, 0) is 60.3 Å². The van der Waals surface area contributed by atoms with Crippen molar-refractivity contribution in [1.82, 2.24) is 0 Å². The van der Waals surface area contributed by atoms with Crippen LogP contribution in [0.3, 0.4) is 0 Å². The molecule has 2 aliphatic rings. The lowest BCUT2D eigenvalue weighted by atomic mass is 9.51. The molecule has 20 heavy (non-hydrogen) atoms. The van der Waals surface area contributed by atoms with Gasteiger partial charge in [-0.25, -0.2) is 0 Å². The summed E-state index contributed by atoms with van der Waals surface area (Å²) in [6.45, 7) is 2.88. The summed E-state index contributed by atoms with van der Waals surface area (Å²) in [5.41, 5.74) is 2.11. The molecule has 3 rings (SSSR count). The van der Waals surface area contributed by atoms with Crippen LogP contribution < -0.4 is 5.32 Å². The average Bonchev–Trinajstić information content (AvgIpc) is 2.37. The second kappa shape index (κ2) is 5.38. The molecular formula is C16H19BrN2O. The highest BCUT2D eigenvalue weighted by Gasteiger charge is 2.58. The van der Waals surface area contributed by atoms with Gasteiger partial charge in [0.15, 0.2) is 0 Å². The first-order valence-electron chi connectivity index (χ1n) is 7.27. The molecular weight excluding hydrogens is 316 g/mol. The van der Waals surface area contributed by atoms with Crippen LogP contribution >= 0.6 is 15.9 Å². The Morgan fingerprint density at radius 2 is 2.30 bits per heavy atom. The minimum atomic E-state index is 0.351. The van der Waals surface area contributed by atoms with Crippen molar-refractivity contribution in [3.63, 3.8) is 0 Å². The normalized spacial score (nSPS) is 26.4. The zero-order valence-electron chi connectivity index (χ0n) is 11.7. The quantitative estimate of drug-likeness (QED) is 0.902. The first kappa shape index (κ1) is 13.9. The highest BCUT2D eigenvalue weighted by molar-refractivity contribution is 9.10. The van der Waals surface area contributed by atoms with Gasteiger partial charge in [-0.15, -0.1) is 0 Å². The van der Waals surface area contributed by atoms with E-state index in [0.29, 0.717) is 23.1 Å². The summed E-state index contributed by atoms with van der Waals surface area (Å²) in [7, 11) is 0. The molecule has 1 aromatic rings. The van der Waals surface area contributed by atoms with Crippen LogP contribution in [0.2, 0.25) is 0 Å². The number of anilines is 1. The molecule has 106 valence electrons. The molecule has 2 aliphatic carbocycles. The van der Waals surface area contributed by atoms with E-state index in [4.69, 9.17) is 10.00 Å². The highest BCUT2D eigenvalue weighted by Crippen LogP contribution is 2.58. The van der Waals surface area contributed by atoms with Crippen molar-refractivity contribution in [1.29, 1.82) is 5.26 Å². The van der Waals surface area contributed by atoms with Crippen molar-refractivity contribution in [2.24, 2.45) is 5.41 Å². The Labute approximate surface area is 128 Å². The summed E-state index contributed by atoms with van der Waals surface area (Å²) in [4.78, 5) is 0. The molecule has 2 fully saturated rings. The molecule has 2 atom stereocenters. The maximum Gasteiger partial charge on any atom is 0.0992 e. The fraction of sp³-hybridized carbons (Fsp3) is 0.562. The molecule has 4 heteroatoms. The van der Waals surface area contributed by atoms with E-state index in [-0.39, 0.29) is 0 Å². The molecule has 0 aliphatic heterocycles. The first-order valence-corrected chi connectivity index (χ1v) is 8.06. The van der Waals surface area contributed by atoms with Gasteiger partial charge in [0.1, 0.15) is 0 Å². The number of nitrogens with one attached hydrogen (secondary N) is 1. The lowest BCUT2D eigenvalue weighted by molar-refractivity contribution is -0.157. The Morgan fingerprint density at radius 1 is 1.50 bits per heavy atom. The zero-order valence-corrected chi connectivity index (χ0v) is 13.2. The van der Waals surface area contributed by atoms with Crippen LogP contribution in [-0.2, 0) is 4.74 Å². The Morgan fingerprint density at radius 3 is 2.85 bits per heavy atom. The largest absolute Gasteiger partial charge is 0.381 e. The van der Waals surface area contributed by atoms with Crippen LogP contribution in [0.15, 0.2) is 22.7 Å². The molecule has 1 N–H and O–H groups in total. The summed E-state index contributed by atoms with van der Waals surface area (Å²) in [6.07, 6.45) is 5.36. The lowest BCUT2D eigenvalue weighted by Crippen LogP contribution is -2.64. The van der Waals surface area contributed by atoms with E-state index in [2.05, 4.69) is 34.2 Å². The summed E-state index contributed by atoms with van der Waals surface area (Å²) in [6, 6.07) is 8.38. The molecule has 0 radical (unpaired) electrons. The fourth-order valence-electron chi connectivity index (χ4n) is 3.53. The number of nitrogens with zero attached hydrogens (tertiary/aromatic N) is 1. The van der Waals surface area contributed by atoms with Crippen LogP contribution in [0.1, 0.15) is 38.2 Å². The number of ether oxygens (including phenoxy) is 1. The van der Waals surface area contributed by atoms with Gasteiger partial charge in [0.05, 0.1) is 17.7 Å². The van der Waals surface area contributed by atoms with Crippen LogP contribution in [0.5, 0.6) is 0 Å². The van der Waals surface area contributed by atoms with Crippen molar-refractivity contribution >= 4 is 21.6 Å². The third-order valence-corrected chi connectivity index (χ3v) is 5.52. The van der Waals surface area contributed by atoms with Gasteiger partial charge in [0, 0.05) is 28.2 Å². The monoisotopic (exact) mass is 334 g/mol. The van der Waals surface area contributed by atoms with Gasteiger partial charge < -0.3 is 10.1 Å². The van der Waals surface area contributed by atoms with Crippen molar-refractivity contribution in [2.45, 2.75) is 44.8 Å². The third kappa shape index (κ3) is 2.13. The number of hydrogen-bond donors (Lipinski definition) is 1. The maximum atomic E-state index is 8.91. The van der Waals surface area contributed by atoms with Crippen molar-refractivity contribution in [3.8, 4) is 6.07 Å². The van der Waals surface area contributed by atoms with Gasteiger partial charge >= 0.3 is 0 Å². The molecule has 0 bridgehead atoms. The van der Waals surface area contributed by atoms with E-state index in [1.165, 1.54) is 19.3 Å². The number of hydrogen-bond acceptors (Lipinski definition) is 3. The Kier molecular flexibility index (Phi) is 3.74. The molecule has 0 heterocycles. The fourth-order valence-corrected chi connectivity index (χ4v) is 4.02. The van der Waals surface area contributed by atoms with E-state index in [9.17, 15) is 0 Å². The second-order valence-corrected chi connectivity index (χ2v) is 6.62. The number of benzene rings is 1. The molecule has 0 amide bonds. The van der Waals surface area contributed by atoms with E-state index in [1.54, 1.807) is 0 Å². The van der Waals surface area contributed by atoms with Gasteiger partial charge in [0.2, 0.25) is 0 Å². The van der Waals surface area contributed by atoms with E-state index < -0.39 is 0 Å². The first-order chi connectivity index (χ1) is 9.69. The van der Waals surface area contributed by atoms with Crippen molar-refractivity contribution in [3.05, 3.63) is 28.2 Å². The average molecular weight is 335 g/mol. The minimum Gasteiger partial charge on any atom is -0.381 e. The van der Waals surface area contributed by atoms with Gasteiger partial charge in [-0.1, -0.05) is 6.42 Å². The Hall–Kier alpha value is -1.05. The predicted octanol–water partition coefficient (Wildman–Crippen LogP) is 4.08. The smallest absolute Gasteiger partial charge is 0.0992 e. The van der Waals surface area contributed by atoms with Gasteiger partial charge in [-0.3, -0.25) is 0 Å². The summed E-state index contributed by atoms with van der Waals surface area (Å²) >= 11 is 3.55.